The molecule has 0 aromatic heterocycles. The van der Waals surface area contributed by atoms with Crippen LogP contribution in [0.5, 0.6) is 5.75 Å². The van der Waals surface area contributed by atoms with Crippen molar-refractivity contribution in [2.45, 2.75) is 70.6 Å². The Morgan fingerprint density at radius 1 is 0.750 bits per heavy atom. The summed E-state index contributed by atoms with van der Waals surface area (Å²) in [5, 5.41) is 0. The minimum atomic E-state index is -1.02. The molecule has 0 bridgehead atoms. The molecule has 0 aliphatic heterocycles. The van der Waals surface area contributed by atoms with E-state index in [-0.39, 0.29) is 23.0 Å². The monoisotopic (exact) mass is 544 g/mol. The molecule has 0 saturated heterocycles. The Kier molecular flexibility index (Phi) is 9.14. The van der Waals surface area contributed by atoms with E-state index in [1.54, 1.807) is 24.3 Å². The Balaban J connectivity index is 1.23. The zero-order valence-corrected chi connectivity index (χ0v) is 23.4. The van der Waals surface area contributed by atoms with Gasteiger partial charge in [0.2, 0.25) is 5.82 Å². The Hall–Kier alpha value is -3.27. The van der Waals surface area contributed by atoms with Crippen LogP contribution in [-0.2, 0) is 0 Å². The van der Waals surface area contributed by atoms with E-state index >= 15 is 4.39 Å². The molecular weight excluding hydrogens is 505 g/mol. The molecular formula is C36H39F3O. The van der Waals surface area contributed by atoms with Crippen LogP contribution in [0, 0.1) is 35.2 Å². The van der Waals surface area contributed by atoms with Crippen LogP contribution >= 0.6 is 0 Å². The first-order valence-corrected chi connectivity index (χ1v) is 14.8. The third-order valence-electron chi connectivity index (χ3n) is 9.13. The number of ether oxygens (including phenoxy) is 1. The first-order chi connectivity index (χ1) is 19.5. The van der Waals surface area contributed by atoms with Crippen LogP contribution in [0.15, 0.2) is 79.6 Å². The highest BCUT2D eigenvalue weighted by molar-refractivity contribution is 5.71. The Labute approximate surface area is 236 Å². The van der Waals surface area contributed by atoms with Crippen molar-refractivity contribution >= 4 is 0 Å². The second-order valence-electron chi connectivity index (χ2n) is 11.5. The quantitative estimate of drug-likeness (QED) is 0.202. The molecule has 2 fully saturated rings. The predicted octanol–water partition coefficient (Wildman–Crippen LogP) is 11.0. The summed E-state index contributed by atoms with van der Waals surface area (Å²) in [7, 11) is 0. The number of hydrogen-bond acceptors (Lipinski definition) is 1. The first-order valence-electron chi connectivity index (χ1n) is 14.8. The maximum Gasteiger partial charge on any atom is 0.201 e. The molecule has 5 rings (SSSR count). The van der Waals surface area contributed by atoms with Crippen LogP contribution in [0.2, 0.25) is 0 Å². The SMILES string of the molecule is C=CC1CCC(C2CCC(c3ccc(-c4ccc(-c5ccc(O/C=C\CC)c(F)c5F)cc4)cc3F)CC2)CC1. The van der Waals surface area contributed by atoms with Crippen molar-refractivity contribution in [2.75, 3.05) is 0 Å². The van der Waals surface area contributed by atoms with Gasteiger partial charge in [-0.3, -0.25) is 0 Å². The van der Waals surface area contributed by atoms with Gasteiger partial charge in [0.1, 0.15) is 5.82 Å². The Morgan fingerprint density at radius 3 is 2.00 bits per heavy atom. The molecule has 3 aromatic rings. The van der Waals surface area contributed by atoms with Gasteiger partial charge in [-0.05, 0) is 128 Å². The van der Waals surface area contributed by atoms with Crippen LogP contribution < -0.4 is 4.74 Å². The van der Waals surface area contributed by atoms with Gasteiger partial charge in [-0.2, -0.15) is 4.39 Å². The molecule has 1 nitrogen and oxygen atoms in total. The van der Waals surface area contributed by atoms with Crippen LogP contribution in [0.25, 0.3) is 22.3 Å². The van der Waals surface area contributed by atoms with Gasteiger partial charge in [0.05, 0.1) is 6.26 Å². The minimum absolute atomic E-state index is 0.151. The summed E-state index contributed by atoms with van der Waals surface area (Å²) in [5.74, 6) is 0.299. The van der Waals surface area contributed by atoms with Crippen LogP contribution in [0.3, 0.4) is 0 Å². The second-order valence-corrected chi connectivity index (χ2v) is 11.5. The van der Waals surface area contributed by atoms with Crippen molar-refractivity contribution in [2.24, 2.45) is 17.8 Å². The summed E-state index contributed by atoms with van der Waals surface area (Å²) < 4.78 is 49.8. The van der Waals surface area contributed by atoms with Crippen molar-refractivity contribution in [3.05, 3.63) is 103 Å². The zero-order chi connectivity index (χ0) is 28.1. The highest BCUT2D eigenvalue weighted by atomic mass is 19.2. The molecule has 0 unspecified atom stereocenters. The average Bonchev–Trinajstić information content (AvgIpc) is 3.00. The van der Waals surface area contributed by atoms with E-state index in [0.717, 1.165) is 47.8 Å². The summed E-state index contributed by atoms with van der Waals surface area (Å²) >= 11 is 0. The number of rotatable bonds is 8. The van der Waals surface area contributed by atoms with Crippen LogP contribution in [0.4, 0.5) is 13.2 Å². The van der Waals surface area contributed by atoms with E-state index in [2.05, 4.69) is 12.7 Å². The lowest BCUT2D eigenvalue weighted by Gasteiger charge is -2.37. The lowest BCUT2D eigenvalue weighted by molar-refractivity contribution is 0.171. The molecule has 0 radical (unpaired) electrons. The van der Waals surface area contributed by atoms with E-state index in [0.29, 0.717) is 11.5 Å². The highest BCUT2D eigenvalue weighted by Crippen LogP contribution is 2.44. The van der Waals surface area contributed by atoms with E-state index in [4.69, 9.17) is 4.74 Å². The topological polar surface area (TPSA) is 9.23 Å². The van der Waals surface area contributed by atoms with Gasteiger partial charge >= 0.3 is 0 Å². The molecule has 0 heterocycles. The van der Waals surface area contributed by atoms with Gasteiger partial charge < -0.3 is 4.74 Å². The Morgan fingerprint density at radius 2 is 1.38 bits per heavy atom. The van der Waals surface area contributed by atoms with Gasteiger partial charge in [-0.25, -0.2) is 8.78 Å². The summed E-state index contributed by atoms with van der Waals surface area (Å²) in [6, 6.07) is 15.6. The van der Waals surface area contributed by atoms with Crippen molar-refractivity contribution in [3.8, 4) is 28.0 Å². The summed E-state index contributed by atoms with van der Waals surface area (Å²) in [6.07, 6.45) is 15.6. The minimum Gasteiger partial charge on any atom is -0.462 e. The number of hydrogen-bond donors (Lipinski definition) is 0. The average molecular weight is 545 g/mol. The van der Waals surface area contributed by atoms with Crippen molar-refractivity contribution in [3.63, 3.8) is 0 Å². The van der Waals surface area contributed by atoms with E-state index < -0.39 is 11.6 Å². The highest BCUT2D eigenvalue weighted by Gasteiger charge is 2.31. The smallest absolute Gasteiger partial charge is 0.201 e. The molecule has 210 valence electrons. The Bertz CT molecular complexity index is 1330. The van der Waals surface area contributed by atoms with Crippen LogP contribution in [-0.4, -0.2) is 0 Å². The lowest BCUT2D eigenvalue weighted by atomic mass is 9.68. The fourth-order valence-electron chi connectivity index (χ4n) is 6.70. The standard InChI is InChI=1S/C36H39F3O/c1-3-5-22-40-34-21-20-32(35(38)36(34)39)29-16-12-27(13-17-29)30-18-19-31(33(37)23-30)28-14-10-26(11-15-28)25-8-6-24(4-2)7-9-25/h4-5,12-13,16-26,28H,2-3,6-11,14-15H2,1H3/b22-5-. The molecule has 0 spiro atoms. The molecule has 2 aliphatic carbocycles. The van der Waals surface area contributed by atoms with Crippen molar-refractivity contribution < 1.29 is 17.9 Å². The van der Waals surface area contributed by atoms with Gasteiger partial charge in [0, 0.05) is 5.56 Å². The molecule has 2 saturated carbocycles. The summed E-state index contributed by atoms with van der Waals surface area (Å²) in [5.41, 5.74) is 3.13. The molecule has 0 atom stereocenters. The third-order valence-corrected chi connectivity index (χ3v) is 9.13. The first kappa shape index (κ1) is 28.3. The van der Waals surface area contributed by atoms with Gasteiger partial charge in [0.25, 0.3) is 0 Å². The van der Waals surface area contributed by atoms with Crippen LogP contribution in [0.1, 0.15) is 76.2 Å². The summed E-state index contributed by atoms with van der Waals surface area (Å²) in [4.78, 5) is 0. The van der Waals surface area contributed by atoms with E-state index in [1.165, 1.54) is 56.9 Å². The normalized spacial score (nSPS) is 23.3. The van der Waals surface area contributed by atoms with Gasteiger partial charge in [-0.15, -0.1) is 6.58 Å². The molecule has 40 heavy (non-hydrogen) atoms. The molecule has 3 aromatic carbocycles. The van der Waals surface area contributed by atoms with Crippen molar-refractivity contribution in [1.82, 2.24) is 0 Å². The van der Waals surface area contributed by atoms with E-state index in [1.807, 2.05) is 31.2 Å². The number of allylic oxidation sites excluding steroid dienone is 2. The molecule has 4 heteroatoms. The summed E-state index contributed by atoms with van der Waals surface area (Å²) in [6.45, 7) is 5.89. The molecule has 0 N–H and O–H groups in total. The molecule has 2 aliphatic rings. The fraction of sp³-hybridized carbons (Fsp3) is 0.389. The molecule has 0 amide bonds. The number of halogens is 3. The zero-order valence-electron chi connectivity index (χ0n) is 23.4. The second kappa shape index (κ2) is 12.9. The number of benzene rings is 3. The lowest BCUT2D eigenvalue weighted by Crippen LogP contribution is -2.25. The fourth-order valence-corrected chi connectivity index (χ4v) is 6.70. The largest absolute Gasteiger partial charge is 0.462 e. The predicted molar refractivity (Wildman–Crippen MR) is 158 cm³/mol. The maximum absolute atomic E-state index is 15.3. The van der Waals surface area contributed by atoms with Gasteiger partial charge in [0.15, 0.2) is 11.6 Å². The van der Waals surface area contributed by atoms with Crippen molar-refractivity contribution in [1.29, 1.82) is 0 Å². The van der Waals surface area contributed by atoms with Gasteiger partial charge in [-0.1, -0.05) is 49.4 Å². The maximum atomic E-state index is 15.3. The third kappa shape index (κ3) is 6.22. The van der Waals surface area contributed by atoms with E-state index in [9.17, 15) is 8.78 Å².